The number of rotatable bonds is 8. The lowest BCUT2D eigenvalue weighted by Crippen LogP contribution is -2.43. The Balaban J connectivity index is 0.00000289. The van der Waals surface area contributed by atoms with E-state index in [2.05, 4.69) is 12.2 Å². The van der Waals surface area contributed by atoms with Crippen LogP contribution in [0.2, 0.25) is 0 Å². The topological polar surface area (TPSA) is 55.1 Å². The average molecular weight is 277 g/mol. The molecule has 1 aliphatic rings. The van der Waals surface area contributed by atoms with E-state index in [4.69, 9.17) is 5.73 Å². The number of nitrogens with one attached hydrogen (secondary N) is 1. The Morgan fingerprint density at radius 3 is 2.50 bits per heavy atom. The molecule has 0 aromatic carbocycles. The summed E-state index contributed by atoms with van der Waals surface area (Å²) in [6.07, 6.45) is 8.86. The number of halogens is 1. The van der Waals surface area contributed by atoms with Crippen molar-refractivity contribution in [1.82, 2.24) is 5.32 Å². The van der Waals surface area contributed by atoms with Gasteiger partial charge in [-0.25, -0.2) is 0 Å². The summed E-state index contributed by atoms with van der Waals surface area (Å²) in [5.41, 5.74) is 5.67. The monoisotopic (exact) mass is 276 g/mol. The van der Waals surface area contributed by atoms with Gasteiger partial charge in [0.1, 0.15) is 0 Å². The van der Waals surface area contributed by atoms with Crippen molar-refractivity contribution in [3.63, 3.8) is 0 Å². The van der Waals surface area contributed by atoms with Crippen molar-refractivity contribution >= 4 is 18.3 Å². The van der Waals surface area contributed by atoms with Crippen molar-refractivity contribution in [1.29, 1.82) is 0 Å². The van der Waals surface area contributed by atoms with Gasteiger partial charge in [0.25, 0.3) is 0 Å². The number of hydrogen-bond donors (Lipinski definition) is 2. The normalized spacial score (nSPS) is 18.4. The molecule has 0 radical (unpaired) electrons. The molecule has 0 saturated heterocycles. The summed E-state index contributed by atoms with van der Waals surface area (Å²) in [4.78, 5) is 11.8. The van der Waals surface area contributed by atoms with Crippen LogP contribution in [0, 0.1) is 5.92 Å². The van der Waals surface area contributed by atoms with E-state index < -0.39 is 0 Å². The van der Waals surface area contributed by atoms with Crippen molar-refractivity contribution in [2.45, 2.75) is 77.3 Å². The van der Waals surface area contributed by atoms with Crippen molar-refractivity contribution < 1.29 is 4.79 Å². The second-order valence-corrected chi connectivity index (χ2v) is 5.52. The molecule has 1 amide bonds. The molecule has 0 heterocycles. The maximum absolute atomic E-state index is 11.8. The minimum atomic E-state index is 0. The van der Waals surface area contributed by atoms with E-state index >= 15 is 0 Å². The van der Waals surface area contributed by atoms with Gasteiger partial charge in [-0.05, 0) is 38.5 Å². The van der Waals surface area contributed by atoms with E-state index in [1.54, 1.807) is 0 Å². The number of nitrogens with two attached hydrogens (primary N) is 1. The lowest BCUT2D eigenvalue weighted by Gasteiger charge is -2.34. The van der Waals surface area contributed by atoms with Crippen molar-refractivity contribution in [2.75, 3.05) is 0 Å². The van der Waals surface area contributed by atoms with Crippen LogP contribution in [0.25, 0.3) is 0 Å². The standard InChI is InChI=1S/C14H28N2O.ClH/c1-3-4-8-13(12-6-5-7-12)16-14(17)10-9-11(2)15;/h11-13H,3-10,15H2,1-2H3,(H,16,17);1H. The molecule has 4 heteroatoms. The van der Waals surface area contributed by atoms with Crippen molar-refractivity contribution in [2.24, 2.45) is 11.7 Å². The van der Waals surface area contributed by atoms with Crippen LogP contribution in [0.15, 0.2) is 0 Å². The fourth-order valence-corrected chi connectivity index (χ4v) is 2.33. The van der Waals surface area contributed by atoms with Crippen LogP contribution in [0.1, 0.15) is 65.2 Å². The van der Waals surface area contributed by atoms with Crippen LogP contribution < -0.4 is 11.1 Å². The smallest absolute Gasteiger partial charge is 0.220 e. The summed E-state index contributed by atoms with van der Waals surface area (Å²) in [5, 5.41) is 3.21. The predicted molar refractivity (Wildman–Crippen MR) is 78.9 cm³/mol. The molecule has 0 aliphatic heterocycles. The highest BCUT2D eigenvalue weighted by atomic mass is 35.5. The zero-order chi connectivity index (χ0) is 12.7. The quantitative estimate of drug-likeness (QED) is 0.716. The first-order valence-electron chi connectivity index (χ1n) is 7.18. The third-order valence-corrected chi connectivity index (χ3v) is 3.76. The van der Waals surface area contributed by atoms with Crippen LogP contribution in [0.4, 0.5) is 0 Å². The summed E-state index contributed by atoms with van der Waals surface area (Å²) >= 11 is 0. The average Bonchev–Trinajstić information content (AvgIpc) is 2.20. The minimum Gasteiger partial charge on any atom is -0.353 e. The van der Waals surface area contributed by atoms with E-state index in [0.29, 0.717) is 12.5 Å². The number of unbranched alkanes of at least 4 members (excludes halogenated alkanes) is 1. The molecule has 108 valence electrons. The van der Waals surface area contributed by atoms with Gasteiger partial charge in [0, 0.05) is 18.5 Å². The summed E-state index contributed by atoms with van der Waals surface area (Å²) < 4.78 is 0. The van der Waals surface area contributed by atoms with E-state index in [9.17, 15) is 4.79 Å². The predicted octanol–water partition coefficient (Wildman–Crippen LogP) is 3.01. The van der Waals surface area contributed by atoms with Crippen LogP contribution in [0.3, 0.4) is 0 Å². The maximum atomic E-state index is 11.8. The zero-order valence-electron chi connectivity index (χ0n) is 11.8. The lowest BCUT2D eigenvalue weighted by atomic mass is 9.78. The molecule has 1 rings (SSSR count). The molecule has 1 fully saturated rings. The number of carbonyl (C=O) groups is 1. The molecule has 2 atom stereocenters. The largest absolute Gasteiger partial charge is 0.353 e. The Bertz CT molecular complexity index is 230. The maximum Gasteiger partial charge on any atom is 0.220 e. The summed E-state index contributed by atoms with van der Waals surface area (Å²) in [6, 6.07) is 0.544. The molecule has 2 unspecified atom stereocenters. The van der Waals surface area contributed by atoms with Gasteiger partial charge < -0.3 is 11.1 Å². The molecule has 3 N–H and O–H groups in total. The number of hydrogen-bond acceptors (Lipinski definition) is 2. The molecule has 0 spiro atoms. The highest BCUT2D eigenvalue weighted by Gasteiger charge is 2.27. The minimum absolute atomic E-state index is 0. The van der Waals surface area contributed by atoms with Gasteiger partial charge in [0.2, 0.25) is 5.91 Å². The first kappa shape index (κ1) is 17.7. The van der Waals surface area contributed by atoms with Gasteiger partial charge in [0.15, 0.2) is 0 Å². The van der Waals surface area contributed by atoms with Crippen LogP contribution in [0.5, 0.6) is 0 Å². The molecular weight excluding hydrogens is 248 g/mol. The van der Waals surface area contributed by atoms with Crippen LogP contribution >= 0.6 is 12.4 Å². The summed E-state index contributed by atoms with van der Waals surface area (Å²) in [5.74, 6) is 0.927. The Hall–Kier alpha value is -0.280. The molecule has 0 aromatic rings. The molecule has 0 aromatic heterocycles. The molecular formula is C14H29ClN2O. The number of amides is 1. The van der Waals surface area contributed by atoms with E-state index in [-0.39, 0.29) is 24.4 Å². The van der Waals surface area contributed by atoms with Gasteiger partial charge in [-0.1, -0.05) is 26.2 Å². The summed E-state index contributed by atoms with van der Waals surface area (Å²) in [7, 11) is 0. The Labute approximate surface area is 118 Å². The van der Waals surface area contributed by atoms with Gasteiger partial charge in [-0.3, -0.25) is 4.79 Å². The van der Waals surface area contributed by atoms with Gasteiger partial charge in [-0.15, -0.1) is 12.4 Å². The Morgan fingerprint density at radius 1 is 1.39 bits per heavy atom. The SMILES string of the molecule is CCCCC(NC(=O)CCC(C)N)C1CCC1.Cl. The Kier molecular flexibility index (Phi) is 9.47. The fraction of sp³-hybridized carbons (Fsp3) is 0.929. The molecule has 0 bridgehead atoms. The molecule has 1 saturated carbocycles. The third-order valence-electron chi connectivity index (χ3n) is 3.76. The molecule has 1 aliphatic carbocycles. The van der Waals surface area contributed by atoms with Gasteiger partial charge in [0.05, 0.1) is 0 Å². The van der Waals surface area contributed by atoms with Crippen molar-refractivity contribution in [3.8, 4) is 0 Å². The zero-order valence-corrected chi connectivity index (χ0v) is 12.6. The van der Waals surface area contributed by atoms with Crippen molar-refractivity contribution in [3.05, 3.63) is 0 Å². The van der Waals surface area contributed by atoms with Crippen LogP contribution in [-0.4, -0.2) is 18.0 Å². The van der Waals surface area contributed by atoms with E-state index in [0.717, 1.165) is 18.8 Å². The second-order valence-electron chi connectivity index (χ2n) is 5.52. The fourth-order valence-electron chi connectivity index (χ4n) is 2.33. The van der Waals surface area contributed by atoms with Crippen LogP contribution in [-0.2, 0) is 4.79 Å². The molecule has 3 nitrogen and oxygen atoms in total. The number of carbonyl (C=O) groups excluding carboxylic acids is 1. The van der Waals surface area contributed by atoms with Gasteiger partial charge in [-0.2, -0.15) is 0 Å². The molecule has 18 heavy (non-hydrogen) atoms. The highest BCUT2D eigenvalue weighted by Crippen LogP contribution is 2.31. The second kappa shape index (κ2) is 9.62. The summed E-state index contributed by atoms with van der Waals surface area (Å²) in [6.45, 7) is 4.16. The van der Waals surface area contributed by atoms with Gasteiger partial charge >= 0.3 is 0 Å². The third kappa shape index (κ3) is 6.60. The Morgan fingerprint density at radius 2 is 2.06 bits per heavy atom. The first-order valence-corrected chi connectivity index (χ1v) is 7.18. The highest BCUT2D eigenvalue weighted by molar-refractivity contribution is 5.85. The van der Waals surface area contributed by atoms with E-state index in [1.807, 2.05) is 6.92 Å². The first-order chi connectivity index (χ1) is 8.13. The lowest BCUT2D eigenvalue weighted by molar-refractivity contribution is -0.122. The van der Waals surface area contributed by atoms with E-state index in [1.165, 1.54) is 32.1 Å².